The summed E-state index contributed by atoms with van der Waals surface area (Å²) in [6.45, 7) is 3.95. The minimum Gasteiger partial charge on any atom is -0.466 e. The molecule has 2 aromatic heterocycles. The van der Waals surface area contributed by atoms with E-state index >= 15 is 0 Å². The summed E-state index contributed by atoms with van der Waals surface area (Å²) in [5, 5.41) is 9.61. The zero-order chi connectivity index (χ0) is 22.1. The van der Waals surface area contributed by atoms with E-state index in [2.05, 4.69) is 6.07 Å². The number of fused-ring (bicyclic) bond motifs is 1. The fraction of sp³-hybridized carbons (Fsp3) is 0.238. The highest BCUT2D eigenvalue weighted by Gasteiger charge is 2.20. The summed E-state index contributed by atoms with van der Waals surface area (Å²) in [6, 6.07) is 10.2. The Bertz CT molecular complexity index is 1290. The Balaban J connectivity index is 2.12. The van der Waals surface area contributed by atoms with E-state index in [1.165, 1.54) is 23.9 Å². The van der Waals surface area contributed by atoms with Crippen molar-refractivity contribution >= 4 is 44.7 Å². The van der Waals surface area contributed by atoms with Crippen molar-refractivity contribution in [1.29, 1.82) is 5.26 Å². The van der Waals surface area contributed by atoms with E-state index in [0.29, 0.717) is 22.1 Å². The number of halogens is 1. The summed E-state index contributed by atoms with van der Waals surface area (Å²) in [5.74, 6) is -0.337. The molecule has 3 aromatic rings. The fourth-order valence-corrected chi connectivity index (χ4v) is 5.14. The first kappa shape index (κ1) is 22.2. The van der Waals surface area contributed by atoms with Gasteiger partial charge in [0.15, 0.2) is 9.84 Å². The number of carbonyl (C=O) groups is 1. The summed E-state index contributed by atoms with van der Waals surface area (Å²) < 4.78 is 30.5. The third-order valence-electron chi connectivity index (χ3n) is 4.54. The SMILES string of the molecule is CCOC(=O)Cc1c(C)c(Sc2ccc(S(C)(=O)=O)cc2Cl)c2cc(C#N)ccn12. The normalized spacial score (nSPS) is 11.4. The second-order valence-electron chi connectivity index (χ2n) is 6.63. The Hall–Kier alpha value is -2.47. The number of aromatic nitrogens is 1. The first-order valence-corrected chi connectivity index (χ1v) is 12.1. The quantitative estimate of drug-likeness (QED) is 0.503. The predicted octanol–water partition coefficient (Wildman–Crippen LogP) is 4.43. The predicted molar refractivity (Wildman–Crippen MR) is 116 cm³/mol. The Morgan fingerprint density at radius 2 is 2.03 bits per heavy atom. The largest absolute Gasteiger partial charge is 0.466 e. The molecule has 0 radical (unpaired) electrons. The smallest absolute Gasteiger partial charge is 0.311 e. The zero-order valence-electron chi connectivity index (χ0n) is 16.6. The molecule has 9 heteroatoms. The van der Waals surface area contributed by atoms with Gasteiger partial charge in [-0.25, -0.2) is 8.42 Å². The van der Waals surface area contributed by atoms with Crippen molar-refractivity contribution in [3.63, 3.8) is 0 Å². The van der Waals surface area contributed by atoms with E-state index in [9.17, 15) is 18.5 Å². The monoisotopic (exact) mass is 462 g/mol. The van der Waals surface area contributed by atoms with Crippen LogP contribution in [0.2, 0.25) is 5.02 Å². The molecule has 0 amide bonds. The minimum atomic E-state index is -3.37. The van der Waals surface area contributed by atoms with E-state index in [4.69, 9.17) is 16.3 Å². The topological polar surface area (TPSA) is 88.6 Å². The highest BCUT2D eigenvalue weighted by molar-refractivity contribution is 7.99. The van der Waals surface area contributed by atoms with Crippen LogP contribution < -0.4 is 0 Å². The van der Waals surface area contributed by atoms with Gasteiger partial charge in [0.05, 0.1) is 40.1 Å². The molecule has 30 heavy (non-hydrogen) atoms. The van der Waals surface area contributed by atoms with Crippen molar-refractivity contribution < 1.29 is 17.9 Å². The first-order valence-electron chi connectivity index (χ1n) is 9.02. The van der Waals surface area contributed by atoms with E-state index in [1.807, 2.05) is 11.3 Å². The van der Waals surface area contributed by atoms with Crippen LogP contribution in [0.5, 0.6) is 0 Å². The molecule has 0 fully saturated rings. The molecule has 0 atom stereocenters. The number of nitriles is 1. The maximum Gasteiger partial charge on any atom is 0.311 e. The Morgan fingerprint density at radius 1 is 1.30 bits per heavy atom. The van der Waals surface area contributed by atoms with Crippen molar-refractivity contribution in [3.8, 4) is 6.07 Å². The Morgan fingerprint density at radius 3 is 2.63 bits per heavy atom. The summed E-state index contributed by atoms with van der Waals surface area (Å²) in [4.78, 5) is 13.8. The number of hydrogen-bond donors (Lipinski definition) is 0. The van der Waals surface area contributed by atoms with Gasteiger partial charge >= 0.3 is 5.97 Å². The summed E-state index contributed by atoms with van der Waals surface area (Å²) in [5.41, 5.74) is 2.88. The number of carbonyl (C=O) groups excluding carboxylic acids is 1. The fourth-order valence-electron chi connectivity index (χ4n) is 3.08. The van der Waals surface area contributed by atoms with Gasteiger partial charge in [-0.3, -0.25) is 4.79 Å². The second-order valence-corrected chi connectivity index (χ2v) is 10.1. The van der Waals surface area contributed by atoms with Crippen molar-refractivity contribution in [2.75, 3.05) is 12.9 Å². The van der Waals surface area contributed by atoms with Gasteiger partial charge in [0, 0.05) is 27.9 Å². The second kappa shape index (κ2) is 8.72. The number of rotatable bonds is 6. The third kappa shape index (κ3) is 4.48. The molecule has 6 nitrogen and oxygen atoms in total. The van der Waals surface area contributed by atoms with Crippen LogP contribution in [0.25, 0.3) is 5.52 Å². The van der Waals surface area contributed by atoms with E-state index in [1.54, 1.807) is 31.3 Å². The lowest BCUT2D eigenvalue weighted by atomic mass is 10.2. The molecule has 0 bridgehead atoms. The van der Waals surface area contributed by atoms with Gasteiger partial charge in [-0.1, -0.05) is 23.4 Å². The van der Waals surface area contributed by atoms with Gasteiger partial charge in [0.1, 0.15) is 0 Å². The molecule has 0 saturated heterocycles. The standard InChI is InChI=1S/C21H19ClN2O4S2/c1-4-28-20(25)11-17-13(2)21(18-9-14(12-23)7-8-24(17)18)29-19-6-5-15(10-16(19)22)30(3,26)27/h5-10H,4,11H2,1-3H3. The summed E-state index contributed by atoms with van der Waals surface area (Å²) in [7, 11) is -3.37. The summed E-state index contributed by atoms with van der Waals surface area (Å²) in [6.07, 6.45) is 2.98. The van der Waals surface area contributed by atoms with Crippen LogP contribution in [0.3, 0.4) is 0 Å². The molecule has 0 aliphatic heterocycles. The van der Waals surface area contributed by atoms with Crippen LogP contribution in [0, 0.1) is 18.3 Å². The number of esters is 1. The minimum absolute atomic E-state index is 0.0913. The molecule has 0 aliphatic carbocycles. The molecule has 1 aromatic carbocycles. The molecule has 2 heterocycles. The van der Waals surface area contributed by atoms with Gasteiger partial charge in [0.2, 0.25) is 0 Å². The van der Waals surface area contributed by atoms with Gasteiger partial charge < -0.3 is 9.14 Å². The highest BCUT2D eigenvalue weighted by Crippen LogP contribution is 2.41. The van der Waals surface area contributed by atoms with Crippen molar-refractivity contribution in [2.24, 2.45) is 0 Å². The number of ether oxygens (including phenoxy) is 1. The lowest BCUT2D eigenvalue weighted by Crippen LogP contribution is -2.10. The van der Waals surface area contributed by atoms with Crippen LogP contribution in [-0.2, 0) is 25.8 Å². The highest BCUT2D eigenvalue weighted by atomic mass is 35.5. The van der Waals surface area contributed by atoms with E-state index in [0.717, 1.165) is 27.9 Å². The molecule has 0 spiro atoms. The van der Waals surface area contributed by atoms with Gasteiger partial charge in [-0.15, -0.1) is 0 Å². The lowest BCUT2D eigenvalue weighted by molar-refractivity contribution is -0.142. The average molecular weight is 463 g/mol. The Labute approximate surface area is 184 Å². The number of pyridine rings is 1. The molecule has 3 rings (SSSR count). The van der Waals surface area contributed by atoms with E-state index in [-0.39, 0.29) is 17.3 Å². The third-order valence-corrected chi connectivity index (χ3v) is 7.37. The van der Waals surface area contributed by atoms with Crippen LogP contribution >= 0.6 is 23.4 Å². The number of nitrogens with zero attached hydrogens (tertiary/aromatic N) is 2. The van der Waals surface area contributed by atoms with Gasteiger partial charge in [-0.2, -0.15) is 5.26 Å². The molecule has 0 aliphatic rings. The van der Waals surface area contributed by atoms with E-state index < -0.39 is 9.84 Å². The van der Waals surface area contributed by atoms with Crippen LogP contribution in [0.15, 0.2) is 51.2 Å². The number of sulfone groups is 1. The number of hydrogen-bond acceptors (Lipinski definition) is 6. The molecular formula is C21H19ClN2O4S2. The first-order chi connectivity index (χ1) is 14.2. The van der Waals surface area contributed by atoms with Gasteiger partial charge in [-0.05, 0) is 49.7 Å². The molecule has 0 saturated carbocycles. The molecule has 0 unspecified atom stereocenters. The zero-order valence-corrected chi connectivity index (χ0v) is 19.0. The van der Waals surface area contributed by atoms with Crippen LogP contribution in [0.1, 0.15) is 23.7 Å². The molecule has 0 N–H and O–H groups in total. The molecule has 156 valence electrons. The number of benzene rings is 1. The van der Waals surface area contributed by atoms with Crippen molar-refractivity contribution in [1.82, 2.24) is 4.40 Å². The maximum atomic E-state index is 12.1. The maximum absolute atomic E-state index is 12.1. The molecular weight excluding hydrogens is 444 g/mol. The van der Waals surface area contributed by atoms with Crippen LogP contribution in [0.4, 0.5) is 0 Å². The lowest BCUT2D eigenvalue weighted by Gasteiger charge is -2.07. The Kier molecular flexibility index (Phi) is 6.46. The van der Waals surface area contributed by atoms with Crippen molar-refractivity contribution in [3.05, 3.63) is 58.4 Å². The van der Waals surface area contributed by atoms with Gasteiger partial charge in [0.25, 0.3) is 0 Å². The van der Waals surface area contributed by atoms with Crippen LogP contribution in [-0.4, -0.2) is 31.7 Å². The average Bonchev–Trinajstić information content (AvgIpc) is 2.93. The summed E-state index contributed by atoms with van der Waals surface area (Å²) >= 11 is 7.72. The van der Waals surface area contributed by atoms with Crippen molar-refractivity contribution in [2.45, 2.75) is 35.0 Å².